The number of hydrogen-bond acceptors (Lipinski definition) is 4. The van der Waals surface area contributed by atoms with E-state index in [2.05, 4.69) is 54.4 Å². The van der Waals surface area contributed by atoms with Gasteiger partial charge >= 0.3 is 0 Å². The van der Waals surface area contributed by atoms with Crippen molar-refractivity contribution in [2.45, 2.75) is 52.8 Å². The van der Waals surface area contributed by atoms with Crippen LogP contribution in [0, 0.1) is 6.92 Å². The van der Waals surface area contributed by atoms with Crippen molar-refractivity contribution in [2.24, 2.45) is 0 Å². The molecule has 1 amide bonds. The lowest BCUT2D eigenvalue weighted by Crippen LogP contribution is -2.36. The summed E-state index contributed by atoms with van der Waals surface area (Å²) in [6.07, 6.45) is -0.555. The van der Waals surface area contributed by atoms with Gasteiger partial charge in [0.25, 0.3) is 5.91 Å². The predicted molar refractivity (Wildman–Crippen MR) is 120 cm³/mol. The lowest BCUT2D eigenvalue weighted by atomic mass is 10.0. The van der Waals surface area contributed by atoms with Gasteiger partial charge in [-0.15, -0.1) is 0 Å². The SMILES string of the molecule is Cc1ccc(C(C)C)c(O[C@@H](C)C(=O)NCc2cccc(CN3CCOCC3)c2)c1. The van der Waals surface area contributed by atoms with Gasteiger partial charge in [-0.05, 0) is 48.1 Å². The third kappa shape index (κ3) is 6.31. The zero-order valence-electron chi connectivity index (χ0n) is 18.6. The lowest BCUT2D eigenvalue weighted by Gasteiger charge is -2.26. The monoisotopic (exact) mass is 410 g/mol. The highest BCUT2D eigenvalue weighted by Crippen LogP contribution is 2.28. The van der Waals surface area contributed by atoms with E-state index in [1.165, 1.54) is 5.56 Å². The van der Waals surface area contributed by atoms with Crippen molar-refractivity contribution < 1.29 is 14.3 Å². The number of hydrogen-bond donors (Lipinski definition) is 1. The number of ether oxygens (including phenoxy) is 2. The van der Waals surface area contributed by atoms with Gasteiger partial charge in [0.2, 0.25) is 0 Å². The maximum absolute atomic E-state index is 12.6. The molecule has 0 bridgehead atoms. The van der Waals surface area contributed by atoms with Gasteiger partial charge in [-0.1, -0.05) is 50.2 Å². The molecule has 1 fully saturated rings. The Balaban J connectivity index is 1.55. The van der Waals surface area contributed by atoms with Crippen molar-refractivity contribution in [3.63, 3.8) is 0 Å². The summed E-state index contributed by atoms with van der Waals surface area (Å²) in [6, 6.07) is 14.6. The number of amides is 1. The molecule has 3 rings (SSSR count). The fourth-order valence-electron chi connectivity index (χ4n) is 3.65. The third-order valence-electron chi connectivity index (χ3n) is 5.43. The highest BCUT2D eigenvalue weighted by molar-refractivity contribution is 5.80. The van der Waals surface area contributed by atoms with Crippen LogP contribution in [0.2, 0.25) is 0 Å². The topological polar surface area (TPSA) is 50.8 Å². The lowest BCUT2D eigenvalue weighted by molar-refractivity contribution is -0.127. The summed E-state index contributed by atoms with van der Waals surface area (Å²) in [6.45, 7) is 13.0. The van der Waals surface area contributed by atoms with E-state index in [1.807, 2.05) is 19.1 Å². The van der Waals surface area contributed by atoms with Crippen LogP contribution < -0.4 is 10.1 Å². The van der Waals surface area contributed by atoms with Crippen LogP contribution in [-0.4, -0.2) is 43.2 Å². The molecule has 30 heavy (non-hydrogen) atoms. The number of benzene rings is 2. The van der Waals surface area contributed by atoms with Crippen molar-refractivity contribution in [3.8, 4) is 5.75 Å². The highest BCUT2D eigenvalue weighted by Gasteiger charge is 2.18. The normalized spacial score (nSPS) is 15.8. The number of carbonyl (C=O) groups excluding carboxylic acids is 1. The van der Waals surface area contributed by atoms with E-state index in [0.717, 1.165) is 55.3 Å². The smallest absolute Gasteiger partial charge is 0.261 e. The molecule has 0 aromatic heterocycles. The van der Waals surface area contributed by atoms with Gasteiger partial charge in [0, 0.05) is 26.2 Å². The van der Waals surface area contributed by atoms with Crippen molar-refractivity contribution in [1.82, 2.24) is 10.2 Å². The molecule has 0 saturated carbocycles. The first-order chi connectivity index (χ1) is 14.4. The molecule has 2 aromatic rings. The Labute approximate surface area is 180 Å². The molecule has 1 saturated heterocycles. The van der Waals surface area contributed by atoms with Crippen LogP contribution in [0.5, 0.6) is 5.75 Å². The Morgan fingerprint density at radius 1 is 1.10 bits per heavy atom. The maximum atomic E-state index is 12.6. The Kier molecular flexibility index (Phi) is 7.88. The van der Waals surface area contributed by atoms with Gasteiger partial charge < -0.3 is 14.8 Å². The van der Waals surface area contributed by atoms with E-state index in [1.54, 1.807) is 6.92 Å². The molecule has 1 atom stereocenters. The molecule has 5 nitrogen and oxygen atoms in total. The van der Waals surface area contributed by atoms with Crippen LogP contribution in [-0.2, 0) is 22.6 Å². The third-order valence-corrected chi connectivity index (χ3v) is 5.43. The van der Waals surface area contributed by atoms with Crippen molar-refractivity contribution in [2.75, 3.05) is 26.3 Å². The molecule has 1 aliphatic heterocycles. The van der Waals surface area contributed by atoms with Crippen LogP contribution in [0.25, 0.3) is 0 Å². The Morgan fingerprint density at radius 3 is 2.57 bits per heavy atom. The number of rotatable bonds is 8. The second-order valence-electron chi connectivity index (χ2n) is 8.38. The van der Waals surface area contributed by atoms with E-state index in [9.17, 15) is 4.79 Å². The number of carbonyl (C=O) groups is 1. The van der Waals surface area contributed by atoms with Crippen molar-refractivity contribution >= 4 is 5.91 Å². The summed E-state index contributed by atoms with van der Waals surface area (Å²) >= 11 is 0. The minimum absolute atomic E-state index is 0.107. The fraction of sp³-hybridized carbons (Fsp3) is 0.480. The van der Waals surface area contributed by atoms with E-state index in [0.29, 0.717) is 12.5 Å². The first-order valence-corrected chi connectivity index (χ1v) is 10.8. The van der Waals surface area contributed by atoms with Crippen molar-refractivity contribution in [3.05, 3.63) is 64.7 Å². The first kappa shape index (κ1) is 22.3. The van der Waals surface area contributed by atoms with E-state index in [4.69, 9.17) is 9.47 Å². The summed E-state index contributed by atoms with van der Waals surface area (Å²) in [7, 11) is 0. The quantitative estimate of drug-likeness (QED) is 0.714. The van der Waals surface area contributed by atoms with Gasteiger partial charge in [-0.25, -0.2) is 0 Å². The van der Waals surface area contributed by atoms with Crippen LogP contribution in [0.1, 0.15) is 48.9 Å². The number of aryl methyl sites for hydroxylation is 1. The van der Waals surface area contributed by atoms with Crippen molar-refractivity contribution in [1.29, 1.82) is 0 Å². The van der Waals surface area contributed by atoms with E-state index >= 15 is 0 Å². The van der Waals surface area contributed by atoms with Crippen LogP contribution >= 0.6 is 0 Å². The molecule has 0 spiro atoms. The molecule has 0 radical (unpaired) electrons. The molecule has 1 N–H and O–H groups in total. The Hall–Kier alpha value is -2.37. The molecule has 162 valence electrons. The molecule has 2 aromatic carbocycles. The van der Waals surface area contributed by atoms with Gasteiger partial charge in [-0.2, -0.15) is 0 Å². The highest BCUT2D eigenvalue weighted by atomic mass is 16.5. The summed E-state index contributed by atoms with van der Waals surface area (Å²) in [4.78, 5) is 15.0. The average molecular weight is 411 g/mol. The molecule has 5 heteroatoms. The second kappa shape index (κ2) is 10.6. The van der Waals surface area contributed by atoms with Gasteiger partial charge in [0.1, 0.15) is 5.75 Å². The van der Waals surface area contributed by atoms with Crippen LogP contribution in [0.4, 0.5) is 0 Å². The zero-order chi connectivity index (χ0) is 21.5. The Bertz CT molecular complexity index is 844. The average Bonchev–Trinajstić information content (AvgIpc) is 2.73. The minimum Gasteiger partial charge on any atom is -0.481 e. The number of nitrogens with one attached hydrogen (secondary N) is 1. The Morgan fingerprint density at radius 2 is 1.83 bits per heavy atom. The summed E-state index contributed by atoms with van der Waals surface area (Å²) in [5.41, 5.74) is 4.60. The molecule has 0 aliphatic carbocycles. The largest absolute Gasteiger partial charge is 0.481 e. The summed E-state index contributed by atoms with van der Waals surface area (Å²) in [5.74, 6) is 1.02. The summed E-state index contributed by atoms with van der Waals surface area (Å²) < 4.78 is 11.4. The molecule has 0 unspecified atom stereocenters. The second-order valence-corrected chi connectivity index (χ2v) is 8.38. The minimum atomic E-state index is -0.555. The maximum Gasteiger partial charge on any atom is 0.261 e. The predicted octanol–water partition coefficient (Wildman–Crippen LogP) is 4.03. The van der Waals surface area contributed by atoms with Crippen LogP contribution in [0.15, 0.2) is 42.5 Å². The molecular weight excluding hydrogens is 376 g/mol. The molecule has 1 heterocycles. The van der Waals surface area contributed by atoms with Gasteiger partial charge in [0.05, 0.1) is 13.2 Å². The number of morpholine rings is 1. The van der Waals surface area contributed by atoms with E-state index < -0.39 is 6.10 Å². The standard InChI is InChI=1S/C25H34N2O3/c1-18(2)23-9-8-19(3)14-24(23)30-20(4)25(28)26-16-21-6-5-7-22(15-21)17-27-10-12-29-13-11-27/h5-9,14-15,18,20H,10-13,16-17H2,1-4H3,(H,26,28)/t20-/m0/s1. The molecule has 1 aliphatic rings. The first-order valence-electron chi connectivity index (χ1n) is 10.8. The van der Waals surface area contributed by atoms with Gasteiger partial charge in [-0.3, -0.25) is 9.69 Å². The molecular formula is C25H34N2O3. The van der Waals surface area contributed by atoms with E-state index in [-0.39, 0.29) is 5.91 Å². The van der Waals surface area contributed by atoms with Gasteiger partial charge in [0.15, 0.2) is 6.10 Å². The zero-order valence-corrected chi connectivity index (χ0v) is 18.6. The summed E-state index contributed by atoms with van der Waals surface area (Å²) in [5, 5.41) is 3.02. The number of nitrogens with zero attached hydrogens (tertiary/aromatic N) is 1. The fourth-order valence-corrected chi connectivity index (χ4v) is 3.65. The van der Waals surface area contributed by atoms with Crippen LogP contribution in [0.3, 0.4) is 0 Å².